The maximum absolute atomic E-state index is 13.6. The van der Waals surface area contributed by atoms with Crippen molar-refractivity contribution in [1.82, 2.24) is 5.16 Å². The van der Waals surface area contributed by atoms with E-state index < -0.39 is 11.9 Å². The molecule has 0 N–H and O–H groups in total. The molecule has 6 nitrogen and oxygen atoms in total. The number of nitrogens with zero attached hydrogens (tertiary/aromatic N) is 2. The molecule has 3 heterocycles. The highest BCUT2D eigenvalue weighted by Crippen LogP contribution is 2.42. The van der Waals surface area contributed by atoms with E-state index in [0.29, 0.717) is 32.3 Å². The smallest absolute Gasteiger partial charge is 0.296 e. The van der Waals surface area contributed by atoms with Gasteiger partial charge in [-0.25, -0.2) is 0 Å². The molecule has 5 rings (SSSR count). The van der Waals surface area contributed by atoms with Crippen molar-refractivity contribution in [2.45, 2.75) is 26.8 Å². The second-order valence-corrected chi connectivity index (χ2v) is 8.47. The Labute approximate surface area is 187 Å². The number of benzene rings is 2. The zero-order chi connectivity index (χ0) is 22.0. The van der Waals surface area contributed by atoms with Crippen LogP contribution < -0.4 is 10.3 Å². The Morgan fingerprint density at radius 3 is 2.39 bits per heavy atom. The molecule has 0 saturated heterocycles. The summed E-state index contributed by atoms with van der Waals surface area (Å²) in [6.45, 7) is 5.57. The normalized spacial score (nSPS) is 15.7. The van der Waals surface area contributed by atoms with Gasteiger partial charge < -0.3 is 8.94 Å². The van der Waals surface area contributed by atoms with Crippen molar-refractivity contribution >= 4 is 45.9 Å². The topological polar surface area (TPSA) is 76.6 Å². The van der Waals surface area contributed by atoms with Gasteiger partial charge in [-0.2, -0.15) is 0 Å². The molecule has 0 radical (unpaired) electrons. The minimum Gasteiger partial charge on any atom is -0.450 e. The molecule has 0 spiro atoms. The molecule has 4 aromatic rings. The standard InChI is InChI=1S/C23H16Cl2N2O4/c1-10-6-14-17(7-11(10)2)30-22-19(21(14)28)20(13-4-5-15(24)16(25)9-13)27(23(22)29)18-8-12(3)31-26-18/h4-9,20H,1-3H3/t20-/m0/s1. The fourth-order valence-electron chi connectivity index (χ4n) is 3.93. The molecule has 1 amide bonds. The van der Waals surface area contributed by atoms with E-state index in [1.807, 2.05) is 13.8 Å². The molecule has 0 unspecified atom stereocenters. The molecule has 156 valence electrons. The van der Waals surface area contributed by atoms with Gasteiger partial charge in [-0.05, 0) is 61.7 Å². The van der Waals surface area contributed by atoms with E-state index in [0.717, 1.165) is 11.1 Å². The van der Waals surface area contributed by atoms with Crippen LogP contribution in [0.5, 0.6) is 0 Å². The largest absolute Gasteiger partial charge is 0.450 e. The fraction of sp³-hybridized carbons (Fsp3) is 0.174. The summed E-state index contributed by atoms with van der Waals surface area (Å²) >= 11 is 12.3. The van der Waals surface area contributed by atoms with Gasteiger partial charge in [0.25, 0.3) is 5.91 Å². The van der Waals surface area contributed by atoms with E-state index in [1.54, 1.807) is 43.3 Å². The molecule has 1 aliphatic rings. The Kier molecular flexibility index (Phi) is 4.46. The number of halogens is 2. The van der Waals surface area contributed by atoms with E-state index in [4.69, 9.17) is 32.1 Å². The minimum absolute atomic E-state index is 0.0162. The van der Waals surface area contributed by atoms with Crippen LogP contribution in [-0.4, -0.2) is 11.1 Å². The highest BCUT2D eigenvalue weighted by Gasteiger charge is 2.45. The van der Waals surface area contributed by atoms with Crippen LogP contribution in [0.2, 0.25) is 10.0 Å². The Morgan fingerprint density at radius 2 is 1.71 bits per heavy atom. The Hall–Kier alpha value is -3.09. The third kappa shape index (κ3) is 2.98. The van der Waals surface area contributed by atoms with E-state index in [1.165, 1.54) is 4.90 Å². The zero-order valence-electron chi connectivity index (χ0n) is 16.8. The van der Waals surface area contributed by atoms with Crippen molar-refractivity contribution in [2.24, 2.45) is 0 Å². The van der Waals surface area contributed by atoms with E-state index in [9.17, 15) is 9.59 Å². The molecular formula is C23H16Cl2N2O4. The van der Waals surface area contributed by atoms with Crippen LogP contribution >= 0.6 is 23.2 Å². The third-order valence-electron chi connectivity index (χ3n) is 5.61. The molecule has 0 bridgehead atoms. The molecule has 2 aromatic heterocycles. The minimum atomic E-state index is -0.788. The first-order chi connectivity index (χ1) is 14.8. The highest BCUT2D eigenvalue weighted by molar-refractivity contribution is 6.42. The fourth-order valence-corrected chi connectivity index (χ4v) is 4.24. The molecule has 2 aromatic carbocycles. The lowest BCUT2D eigenvalue weighted by Crippen LogP contribution is -2.29. The number of aromatic nitrogens is 1. The number of carbonyl (C=O) groups is 1. The molecule has 0 aliphatic carbocycles. The van der Waals surface area contributed by atoms with Gasteiger partial charge in [-0.3, -0.25) is 14.5 Å². The summed E-state index contributed by atoms with van der Waals surface area (Å²) in [6, 6.07) is 9.40. The summed E-state index contributed by atoms with van der Waals surface area (Å²) in [5, 5.41) is 5.10. The number of aryl methyl sites for hydroxylation is 3. The predicted octanol–water partition coefficient (Wildman–Crippen LogP) is 5.76. The van der Waals surface area contributed by atoms with Gasteiger partial charge in [0.2, 0.25) is 5.76 Å². The summed E-state index contributed by atoms with van der Waals surface area (Å²) in [7, 11) is 0. The SMILES string of the molecule is Cc1cc(N2C(=O)c3oc4cc(C)c(C)cc4c(=O)c3[C@@H]2c2ccc(Cl)c(Cl)c2)no1. The maximum atomic E-state index is 13.6. The van der Waals surface area contributed by atoms with Gasteiger partial charge in [-0.15, -0.1) is 0 Å². The van der Waals surface area contributed by atoms with Gasteiger partial charge in [0.15, 0.2) is 11.2 Å². The zero-order valence-corrected chi connectivity index (χ0v) is 18.3. The first-order valence-electron chi connectivity index (χ1n) is 9.56. The van der Waals surface area contributed by atoms with Crippen LogP contribution in [-0.2, 0) is 0 Å². The van der Waals surface area contributed by atoms with Crippen molar-refractivity contribution in [1.29, 1.82) is 0 Å². The van der Waals surface area contributed by atoms with Gasteiger partial charge in [0.1, 0.15) is 11.3 Å². The van der Waals surface area contributed by atoms with Crippen molar-refractivity contribution in [3.63, 3.8) is 0 Å². The number of hydrogen-bond acceptors (Lipinski definition) is 5. The predicted molar refractivity (Wildman–Crippen MR) is 118 cm³/mol. The van der Waals surface area contributed by atoms with E-state index in [-0.39, 0.29) is 22.6 Å². The van der Waals surface area contributed by atoms with Crippen molar-refractivity contribution < 1.29 is 13.7 Å². The lowest BCUT2D eigenvalue weighted by Gasteiger charge is -2.22. The Bertz CT molecular complexity index is 1450. The summed E-state index contributed by atoms with van der Waals surface area (Å²) in [5.41, 5.74) is 2.86. The number of fused-ring (bicyclic) bond motifs is 2. The first kappa shape index (κ1) is 19.8. The molecule has 1 atom stereocenters. The van der Waals surface area contributed by atoms with Gasteiger partial charge >= 0.3 is 0 Å². The van der Waals surface area contributed by atoms with Crippen LogP contribution in [0.1, 0.15) is 44.6 Å². The number of hydrogen-bond donors (Lipinski definition) is 0. The number of rotatable bonds is 2. The van der Waals surface area contributed by atoms with E-state index in [2.05, 4.69) is 5.16 Å². The van der Waals surface area contributed by atoms with Crippen LogP contribution in [0.4, 0.5) is 5.82 Å². The Morgan fingerprint density at radius 1 is 0.968 bits per heavy atom. The van der Waals surface area contributed by atoms with Crippen molar-refractivity contribution in [2.75, 3.05) is 4.90 Å². The average molecular weight is 455 g/mol. The summed E-state index contributed by atoms with van der Waals surface area (Å²) in [4.78, 5) is 28.4. The second kappa shape index (κ2) is 6.97. The highest BCUT2D eigenvalue weighted by atomic mass is 35.5. The number of amides is 1. The van der Waals surface area contributed by atoms with Crippen LogP contribution in [0, 0.1) is 20.8 Å². The van der Waals surface area contributed by atoms with Crippen molar-refractivity contribution in [3.8, 4) is 0 Å². The Balaban J connectivity index is 1.84. The monoisotopic (exact) mass is 454 g/mol. The first-order valence-corrected chi connectivity index (χ1v) is 10.3. The van der Waals surface area contributed by atoms with Crippen LogP contribution in [0.25, 0.3) is 11.0 Å². The number of anilines is 1. The number of carbonyl (C=O) groups excluding carboxylic acids is 1. The molecule has 0 fully saturated rings. The molecule has 1 aliphatic heterocycles. The average Bonchev–Trinajstić information content (AvgIpc) is 3.27. The van der Waals surface area contributed by atoms with Gasteiger partial charge in [0.05, 0.1) is 27.0 Å². The third-order valence-corrected chi connectivity index (χ3v) is 6.35. The van der Waals surface area contributed by atoms with E-state index >= 15 is 0 Å². The second-order valence-electron chi connectivity index (χ2n) is 7.65. The lowest BCUT2D eigenvalue weighted by atomic mass is 9.97. The molecule has 8 heteroatoms. The summed E-state index contributed by atoms with van der Waals surface area (Å²) in [5.74, 6) is 0.317. The lowest BCUT2D eigenvalue weighted by molar-refractivity contribution is 0.0969. The van der Waals surface area contributed by atoms with Crippen LogP contribution in [0.15, 0.2) is 50.1 Å². The molecular weight excluding hydrogens is 439 g/mol. The summed E-state index contributed by atoms with van der Waals surface area (Å²) in [6.07, 6.45) is 0. The quantitative estimate of drug-likeness (QED) is 0.384. The molecule has 0 saturated carbocycles. The van der Waals surface area contributed by atoms with Gasteiger partial charge in [-0.1, -0.05) is 34.4 Å². The molecule has 31 heavy (non-hydrogen) atoms. The maximum Gasteiger partial charge on any atom is 0.296 e. The summed E-state index contributed by atoms with van der Waals surface area (Å²) < 4.78 is 11.2. The van der Waals surface area contributed by atoms with Crippen LogP contribution in [0.3, 0.4) is 0 Å². The van der Waals surface area contributed by atoms with Gasteiger partial charge in [0, 0.05) is 6.07 Å². The van der Waals surface area contributed by atoms with Crippen molar-refractivity contribution in [3.05, 3.63) is 90.4 Å².